The van der Waals surface area contributed by atoms with Crippen LogP contribution in [0.4, 0.5) is 0 Å². The number of thiazole rings is 1. The number of aliphatic hydroxyl groups is 1. The number of benzene rings is 1. The Morgan fingerprint density at radius 3 is 2.83 bits per heavy atom. The van der Waals surface area contributed by atoms with Crippen LogP contribution in [0.3, 0.4) is 0 Å². The van der Waals surface area contributed by atoms with Gasteiger partial charge in [-0.1, -0.05) is 19.9 Å². The second-order valence-electron chi connectivity index (χ2n) is 5.41. The van der Waals surface area contributed by atoms with E-state index in [-0.39, 0.29) is 12.5 Å². The van der Waals surface area contributed by atoms with Gasteiger partial charge in [-0.05, 0) is 31.0 Å². The Labute approximate surface area is 140 Å². The van der Waals surface area contributed by atoms with Gasteiger partial charge in [0, 0.05) is 17.5 Å². The molecule has 2 N–H and O–H groups in total. The number of rotatable bonds is 8. The lowest BCUT2D eigenvalue weighted by molar-refractivity contribution is 0.0314. The van der Waals surface area contributed by atoms with Crippen molar-refractivity contribution < 1.29 is 14.6 Å². The van der Waals surface area contributed by atoms with Gasteiger partial charge in [0.2, 0.25) is 0 Å². The van der Waals surface area contributed by atoms with Crippen molar-refractivity contribution in [2.45, 2.75) is 38.9 Å². The largest absolute Gasteiger partial charge is 0.487 e. The summed E-state index contributed by atoms with van der Waals surface area (Å²) in [4.78, 5) is 16.4. The van der Waals surface area contributed by atoms with Crippen molar-refractivity contribution in [1.82, 2.24) is 10.3 Å². The van der Waals surface area contributed by atoms with Crippen LogP contribution in [0.5, 0.6) is 5.75 Å². The monoisotopic (exact) mass is 334 g/mol. The Kier molecular flexibility index (Phi) is 6.12. The third-order valence-electron chi connectivity index (χ3n) is 3.86. The zero-order chi connectivity index (χ0) is 16.7. The van der Waals surface area contributed by atoms with E-state index in [0.717, 1.165) is 5.69 Å². The zero-order valence-electron chi connectivity index (χ0n) is 13.4. The van der Waals surface area contributed by atoms with Gasteiger partial charge in [0.05, 0.1) is 16.8 Å². The fourth-order valence-electron chi connectivity index (χ4n) is 2.04. The molecule has 6 heteroatoms. The van der Waals surface area contributed by atoms with Gasteiger partial charge in [0.1, 0.15) is 12.4 Å². The average Bonchev–Trinajstić information content (AvgIpc) is 3.11. The smallest absolute Gasteiger partial charge is 0.251 e. The van der Waals surface area contributed by atoms with Crippen molar-refractivity contribution in [3.8, 4) is 5.75 Å². The first-order chi connectivity index (χ1) is 11.1. The minimum Gasteiger partial charge on any atom is -0.487 e. The number of hydrogen-bond acceptors (Lipinski definition) is 5. The first kappa shape index (κ1) is 17.4. The fourth-order valence-corrected chi connectivity index (χ4v) is 2.58. The minimum absolute atomic E-state index is 0.218. The summed E-state index contributed by atoms with van der Waals surface area (Å²) < 4.78 is 5.64. The van der Waals surface area contributed by atoms with E-state index in [1.807, 2.05) is 19.2 Å². The highest BCUT2D eigenvalue weighted by atomic mass is 32.1. The standard InChI is InChI=1S/C17H22N2O3S/c1-3-17(21,4-2)11-18-16(20)13-6-5-7-15(8-13)22-9-14-10-23-12-19-14/h5-8,10,12,21H,3-4,9,11H2,1-2H3,(H,18,20). The van der Waals surface area contributed by atoms with Gasteiger partial charge in [-0.3, -0.25) is 4.79 Å². The van der Waals surface area contributed by atoms with E-state index in [1.165, 1.54) is 11.3 Å². The summed E-state index contributed by atoms with van der Waals surface area (Å²) in [6.07, 6.45) is 1.20. The number of amides is 1. The van der Waals surface area contributed by atoms with E-state index in [1.54, 1.807) is 29.8 Å². The molecule has 2 rings (SSSR count). The summed E-state index contributed by atoms with van der Waals surface area (Å²) in [5, 5.41) is 14.9. The second-order valence-corrected chi connectivity index (χ2v) is 6.13. The highest BCUT2D eigenvalue weighted by Crippen LogP contribution is 2.17. The number of nitrogens with zero attached hydrogens (tertiary/aromatic N) is 1. The molecular weight excluding hydrogens is 312 g/mol. The molecule has 0 spiro atoms. The molecule has 0 unspecified atom stereocenters. The normalized spacial score (nSPS) is 11.3. The van der Waals surface area contributed by atoms with Crippen molar-refractivity contribution in [2.24, 2.45) is 0 Å². The maximum absolute atomic E-state index is 12.2. The number of hydrogen-bond donors (Lipinski definition) is 2. The molecule has 0 atom stereocenters. The molecule has 0 aliphatic heterocycles. The molecule has 0 radical (unpaired) electrons. The van der Waals surface area contributed by atoms with E-state index in [2.05, 4.69) is 10.3 Å². The van der Waals surface area contributed by atoms with Gasteiger partial charge < -0.3 is 15.2 Å². The van der Waals surface area contributed by atoms with Crippen LogP contribution < -0.4 is 10.1 Å². The van der Waals surface area contributed by atoms with E-state index in [0.29, 0.717) is 30.8 Å². The molecule has 124 valence electrons. The van der Waals surface area contributed by atoms with Crippen LogP contribution in [-0.4, -0.2) is 28.1 Å². The predicted molar refractivity (Wildman–Crippen MR) is 90.8 cm³/mol. The molecule has 2 aromatic rings. The minimum atomic E-state index is -0.853. The van der Waals surface area contributed by atoms with Crippen LogP contribution in [-0.2, 0) is 6.61 Å². The van der Waals surface area contributed by atoms with Crippen LogP contribution in [0.2, 0.25) is 0 Å². The van der Waals surface area contributed by atoms with Gasteiger partial charge in [-0.2, -0.15) is 0 Å². The van der Waals surface area contributed by atoms with Crippen LogP contribution in [0.25, 0.3) is 0 Å². The molecular formula is C17H22N2O3S. The van der Waals surface area contributed by atoms with Crippen molar-refractivity contribution >= 4 is 17.2 Å². The Morgan fingerprint density at radius 2 is 2.17 bits per heavy atom. The lowest BCUT2D eigenvalue weighted by Gasteiger charge is -2.25. The molecule has 1 aromatic heterocycles. The first-order valence-electron chi connectivity index (χ1n) is 7.67. The SMILES string of the molecule is CCC(O)(CC)CNC(=O)c1cccc(OCc2cscn2)c1. The summed E-state index contributed by atoms with van der Waals surface area (Å²) in [5.74, 6) is 0.399. The van der Waals surface area contributed by atoms with Crippen molar-refractivity contribution in [1.29, 1.82) is 0 Å². The topological polar surface area (TPSA) is 71.5 Å². The number of aromatic nitrogens is 1. The maximum Gasteiger partial charge on any atom is 0.251 e. The predicted octanol–water partition coefficient (Wildman–Crippen LogP) is 3.00. The van der Waals surface area contributed by atoms with E-state index >= 15 is 0 Å². The van der Waals surface area contributed by atoms with Gasteiger partial charge in [0.15, 0.2) is 0 Å². The Balaban J connectivity index is 1.94. The second kappa shape index (κ2) is 8.08. The summed E-state index contributed by atoms with van der Waals surface area (Å²) in [6, 6.07) is 7.00. The highest BCUT2D eigenvalue weighted by Gasteiger charge is 2.23. The summed E-state index contributed by atoms with van der Waals surface area (Å²) in [6.45, 7) is 4.42. The van der Waals surface area contributed by atoms with Crippen LogP contribution in [0, 0.1) is 0 Å². The van der Waals surface area contributed by atoms with Crippen molar-refractivity contribution in [2.75, 3.05) is 6.54 Å². The number of ether oxygens (including phenoxy) is 1. The molecule has 0 aliphatic carbocycles. The van der Waals surface area contributed by atoms with Crippen molar-refractivity contribution in [3.05, 3.63) is 46.4 Å². The molecule has 0 saturated heterocycles. The number of carbonyl (C=O) groups is 1. The quantitative estimate of drug-likeness (QED) is 0.778. The Morgan fingerprint density at radius 1 is 1.39 bits per heavy atom. The molecule has 0 fully saturated rings. The lowest BCUT2D eigenvalue weighted by atomic mass is 9.97. The van der Waals surface area contributed by atoms with E-state index in [9.17, 15) is 9.90 Å². The third-order valence-corrected chi connectivity index (χ3v) is 4.50. The molecule has 23 heavy (non-hydrogen) atoms. The molecule has 5 nitrogen and oxygen atoms in total. The van der Waals surface area contributed by atoms with Crippen LogP contribution in [0.15, 0.2) is 35.2 Å². The van der Waals surface area contributed by atoms with Gasteiger partial charge >= 0.3 is 0 Å². The molecule has 1 aromatic carbocycles. The van der Waals surface area contributed by atoms with E-state index in [4.69, 9.17) is 4.74 Å². The van der Waals surface area contributed by atoms with Crippen molar-refractivity contribution in [3.63, 3.8) is 0 Å². The van der Waals surface area contributed by atoms with Crippen LogP contribution in [0.1, 0.15) is 42.7 Å². The molecule has 0 saturated carbocycles. The van der Waals surface area contributed by atoms with Gasteiger partial charge in [0.25, 0.3) is 5.91 Å². The third kappa shape index (κ3) is 5.04. The van der Waals surface area contributed by atoms with E-state index < -0.39 is 5.60 Å². The van der Waals surface area contributed by atoms with Gasteiger partial charge in [-0.25, -0.2) is 4.98 Å². The van der Waals surface area contributed by atoms with Crippen LogP contribution >= 0.6 is 11.3 Å². The Bertz CT molecular complexity index is 625. The molecule has 1 heterocycles. The fraction of sp³-hybridized carbons (Fsp3) is 0.412. The highest BCUT2D eigenvalue weighted by molar-refractivity contribution is 7.07. The first-order valence-corrected chi connectivity index (χ1v) is 8.61. The summed E-state index contributed by atoms with van der Waals surface area (Å²) in [5.41, 5.74) is 2.27. The summed E-state index contributed by atoms with van der Waals surface area (Å²) >= 11 is 1.52. The molecule has 0 aliphatic rings. The molecule has 1 amide bonds. The zero-order valence-corrected chi connectivity index (χ0v) is 14.2. The lowest BCUT2D eigenvalue weighted by Crippen LogP contribution is -2.42. The number of nitrogens with one attached hydrogen (secondary N) is 1. The summed E-state index contributed by atoms with van der Waals surface area (Å²) in [7, 11) is 0. The number of carbonyl (C=O) groups excluding carboxylic acids is 1. The average molecular weight is 334 g/mol. The maximum atomic E-state index is 12.2. The van der Waals surface area contributed by atoms with Gasteiger partial charge in [-0.15, -0.1) is 11.3 Å². The Hall–Kier alpha value is -1.92. The molecule has 0 bridgehead atoms.